The van der Waals surface area contributed by atoms with Crippen LogP contribution in [-0.4, -0.2) is 24.3 Å². The molecule has 0 aliphatic rings. The van der Waals surface area contributed by atoms with Gasteiger partial charge in [-0.2, -0.15) is 0 Å². The summed E-state index contributed by atoms with van der Waals surface area (Å²) in [6.45, 7) is 1.29. The number of carbonyl (C=O) groups excluding carboxylic acids is 1. The van der Waals surface area contributed by atoms with Gasteiger partial charge in [0.2, 0.25) is 5.24 Å². The first-order valence-corrected chi connectivity index (χ1v) is 4.15. The number of nitrogens with zero attached hydrogens (tertiary/aromatic N) is 2. The Hall–Kier alpha value is -1.09. The van der Waals surface area contributed by atoms with Gasteiger partial charge in [0.15, 0.2) is 0 Å². The van der Waals surface area contributed by atoms with Crippen LogP contribution in [0.25, 0.3) is 0 Å². The van der Waals surface area contributed by atoms with Crippen molar-refractivity contribution < 1.29 is 4.79 Å². The van der Waals surface area contributed by atoms with Crippen molar-refractivity contribution in [3.05, 3.63) is 24.5 Å². The van der Waals surface area contributed by atoms with Gasteiger partial charge in [0.05, 0.1) is 0 Å². The van der Waals surface area contributed by atoms with E-state index in [0.717, 1.165) is 0 Å². The molecule has 0 fully saturated rings. The Morgan fingerprint density at radius 1 is 1.38 bits per heavy atom. The second kappa shape index (κ2) is 6.43. The number of rotatable bonds is 1. The van der Waals surface area contributed by atoms with Crippen LogP contribution >= 0.6 is 11.6 Å². The van der Waals surface area contributed by atoms with E-state index in [9.17, 15) is 4.79 Å². The third-order valence-corrected chi connectivity index (χ3v) is 1.18. The van der Waals surface area contributed by atoms with Crippen molar-refractivity contribution in [3.8, 4) is 0 Å². The fourth-order valence-electron chi connectivity index (χ4n) is 0.642. The SMILES string of the molecule is CC(=O)Cl.CN(C)c1ccncc1. The smallest absolute Gasteiger partial charge is 0.218 e. The second-order valence-electron chi connectivity index (χ2n) is 2.57. The first-order valence-electron chi connectivity index (χ1n) is 3.77. The average Bonchev–Trinajstić information content (AvgIpc) is 2.05. The molecule has 0 bridgehead atoms. The predicted molar refractivity (Wildman–Crippen MR) is 55.1 cm³/mol. The normalized spacial score (nSPS) is 8.31. The zero-order valence-corrected chi connectivity index (χ0v) is 8.75. The molecule has 0 saturated carbocycles. The highest BCUT2D eigenvalue weighted by Gasteiger charge is 1.88. The van der Waals surface area contributed by atoms with Crippen LogP contribution < -0.4 is 4.90 Å². The maximum atomic E-state index is 9.21. The molecule has 13 heavy (non-hydrogen) atoms. The molecule has 0 aliphatic heterocycles. The van der Waals surface area contributed by atoms with E-state index < -0.39 is 0 Å². The van der Waals surface area contributed by atoms with Gasteiger partial charge in [0, 0.05) is 39.1 Å². The summed E-state index contributed by atoms with van der Waals surface area (Å²) in [6, 6.07) is 3.94. The van der Waals surface area contributed by atoms with E-state index in [-0.39, 0.29) is 5.24 Å². The van der Waals surface area contributed by atoms with E-state index in [2.05, 4.69) is 16.6 Å². The molecule has 72 valence electrons. The third-order valence-electron chi connectivity index (χ3n) is 1.18. The number of halogens is 1. The van der Waals surface area contributed by atoms with Crippen LogP contribution in [0.3, 0.4) is 0 Å². The fraction of sp³-hybridized carbons (Fsp3) is 0.333. The third kappa shape index (κ3) is 7.28. The standard InChI is InChI=1S/C7H10N2.C2H3ClO/c1-9(2)7-3-5-8-6-4-7;1-2(3)4/h3-6H,1-2H3;1H3. The molecule has 1 rings (SSSR count). The van der Waals surface area contributed by atoms with Crippen molar-refractivity contribution >= 4 is 22.5 Å². The van der Waals surface area contributed by atoms with E-state index in [1.807, 2.05) is 31.1 Å². The van der Waals surface area contributed by atoms with E-state index in [1.54, 1.807) is 12.4 Å². The number of hydrogen-bond donors (Lipinski definition) is 0. The van der Waals surface area contributed by atoms with Crippen LogP contribution in [0.5, 0.6) is 0 Å². The summed E-state index contributed by atoms with van der Waals surface area (Å²) in [6.07, 6.45) is 3.57. The summed E-state index contributed by atoms with van der Waals surface area (Å²) < 4.78 is 0. The Morgan fingerprint density at radius 2 is 1.77 bits per heavy atom. The fourth-order valence-corrected chi connectivity index (χ4v) is 0.642. The molecule has 0 spiro atoms. The lowest BCUT2D eigenvalue weighted by molar-refractivity contribution is -0.109. The molecule has 0 aromatic carbocycles. The lowest BCUT2D eigenvalue weighted by Crippen LogP contribution is -2.07. The molecular weight excluding hydrogens is 188 g/mol. The number of hydrogen-bond acceptors (Lipinski definition) is 3. The molecule has 0 unspecified atom stereocenters. The maximum absolute atomic E-state index is 9.21. The largest absolute Gasteiger partial charge is 0.378 e. The summed E-state index contributed by atoms with van der Waals surface area (Å²) in [5.74, 6) is 0. The molecule has 0 saturated heterocycles. The van der Waals surface area contributed by atoms with Crippen LogP contribution in [0.4, 0.5) is 5.69 Å². The topological polar surface area (TPSA) is 33.2 Å². The Kier molecular flexibility index (Phi) is 5.89. The molecule has 0 N–H and O–H groups in total. The van der Waals surface area contributed by atoms with Gasteiger partial charge < -0.3 is 4.90 Å². The Balaban J connectivity index is 0.000000310. The van der Waals surface area contributed by atoms with E-state index in [4.69, 9.17) is 0 Å². The lowest BCUT2D eigenvalue weighted by Gasteiger charge is -2.10. The molecule has 4 heteroatoms. The number of aromatic nitrogens is 1. The molecule has 1 heterocycles. The summed E-state index contributed by atoms with van der Waals surface area (Å²) in [4.78, 5) is 15.2. The van der Waals surface area contributed by atoms with Gasteiger partial charge in [0.25, 0.3) is 0 Å². The van der Waals surface area contributed by atoms with Crippen LogP contribution in [0.15, 0.2) is 24.5 Å². The number of carbonyl (C=O) groups is 1. The Morgan fingerprint density at radius 3 is 2.00 bits per heavy atom. The lowest BCUT2D eigenvalue weighted by atomic mass is 10.4. The minimum Gasteiger partial charge on any atom is -0.378 e. The molecule has 1 aromatic rings. The maximum Gasteiger partial charge on any atom is 0.218 e. The summed E-state index contributed by atoms with van der Waals surface area (Å²) in [5, 5.41) is -0.361. The molecule has 0 atom stereocenters. The van der Waals surface area contributed by atoms with Crippen LogP contribution in [0, 0.1) is 0 Å². The molecular formula is C9H13ClN2O. The second-order valence-corrected chi connectivity index (χ2v) is 3.10. The molecule has 0 radical (unpaired) electrons. The van der Waals surface area contributed by atoms with Crippen molar-refractivity contribution in [1.29, 1.82) is 0 Å². The van der Waals surface area contributed by atoms with E-state index >= 15 is 0 Å². The van der Waals surface area contributed by atoms with E-state index in [1.165, 1.54) is 12.6 Å². The summed E-state index contributed by atoms with van der Waals surface area (Å²) in [5.41, 5.74) is 1.19. The monoisotopic (exact) mass is 200 g/mol. The van der Waals surface area contributed by atoms with Crippen LogP contribution in [0.1, 0.15) is 6.92 Å². The quantitative estimate of drug-likeness (QED) is 0.650. The van der Waals surface area contributed by atoms with Crippen molar-refractivity contribution in [2.24, 2.45) is 0 Å². The van der Waals surface area contributed by atoms with Crippen molar-refractivity contribution in [2.75, 3.05) is 19.0 Å². The van der Waals surface area contributed by atoms with Crippen molar-refractivity contribution in [3.63, 3.8) is 0 Å². The zero-order chi connectivity index (χ0) is 10.3. The zero-order valence-electron chi connectivity index (χ0n) is 7.99. The highest BCUT2D eigenvalue weighted by Crippen LogP contribution is 2.05. The van der Waals surface area contributed by atoms with Gasteiger partial charge in [-0.15, -0.1) is 0 Å². The Labute approximate surface area is 83.3 Å². The minimum atomic E-state index is -0.361. The Bertz CT molecular complexity index is 245. The first kappa shape index (κ1) is 11.9. The van der Waals surface area contributed by atoms with Gasteiger partial charge in [0.1, 0.15) is 0 Å². The van der Waals surface area contributed by atoms with Gasteiger partial charge in [-0.1, -0.05) is 0 Å². The first-order chi connectivity index (χ1) is 6.04. The minimum absolute atomic E-state index is 0.361. The van der Waals surface area contributed by atoms with Crippen LogP contribution in [-0.2, 0) is 4.79 Å². The molecule has 3 nitrogen and oxygen atoms in total. The van der Waals surface area contributed by atoms with E-state index in [0.29, 0.717) is 0 Å². The number of pyridine rings is 1. The summed E-state index contributed by atoms with van der Waals surface area (Å²) in [7, 11) is 4.02. The molecule has 0 aliphatic carbocycles. The van der Waals surface area contributed by atoms with Gasteiger partial charge in [-0.05, 0) is 23.7 Å². The predicted octanol–water partition coefficient (Wildman–Crippen LogP) is 1.92. The molecule has 0 amide bonds. The van der Waals surface area contributed by atoms with Crippen LogP contribution in [0.2, 0.25) is 0 Å². The van der Waals surface area contributed by atoms with Crippen molar-refractivity contribution in [1.82, 2.24) is 4.98 Å². The molecule has 1 aromatic heterocycles. The van der Waals surface area contributed by atoms with Crippen molar-refractivity contribution in [2.45, 2.75) is 6.92 Å². The average molecular weight is 201 g/mol. The highest BCUT2D eigenvalue weighted by atomic mass is 35.5. The van der Waals surface area contributed by atoms with Gasteiger partial charge in [-0.3, -0.25) is 9.78 Å². The summed E-state index contributed by atoms with van der Waals surface area (Å²) >= 11 is 4.64. The van der Waals surface area contributed by atoms with Gasteiger partial charge >= 0.3 is 0 Å². The van der Waals surface area contributed by atoms with Gasteiger partial charge in [-0.25, -0.2) is 0 Å². The number of anilines is 1. The highest BCUT2D eigenvalue weighted by molar-refractivity contribution is 6.62.